The Morgan fingerprint density at radius 2 is 1.67 bits per heavy atom. The molecule has 0 radical (unpaired) electrons. The number of phenols is 1. The van der Waals surface area contributed by atoms with E-state index in [1.807, 2.05) is 18.2 Å². The first-order valence-electron chi connectivity index (χ1n) is 16.0. The van der Waals surface area contributed by atoms with Gasteiger partial charge in [-0.05, 0) is 79.9 Å². The van der Waals surface area contributed by atoms with Gasteiger partial charge in [0.15, 0.2) is 11.5 Å². The highest BCUT2D eigenvalue weighted by molar-refractivity contribution is 5.95. The summed E-state index contributed by atoms with van der Waals surface area (Å²) in [4.78, 5) is 49.6. The molecule has 5 rings (SSSR count). The van der Waals surface area contributed by atoms with Gasteiger partial charge in [0, 0.05) is 17.7 Å². The van der Waals surface area contributed by atoms with Gasteiger partial charge in [-0.3, -0.25) is 4.79 Å². The van der Waals surface area contributed by atoms with Crippen molar-refractivity contribution in [3.8, 4) is 17.2 Å². The number of hydrogen-bond acceptors (Lipinski definition) is 9. The molecule has 4 N–H and O–H groups in total. The molecule has 0 bridgehead atoms. The molecule has 2 unspecified atom stereocenters. The first kappa shape index (κ1) is 38.3. The number of likely N-dealkylation sites (N-methyl/N-ethyl adjacent to an activating group) is 1. The number of anilines is 1. The van der Waals surface area contributed by atoms with Gasteiger partial charge in [0.2, 0.25) is 12.7 Å². The molecule has 1 saturated heterocycles. The fourth-order valence-corrected chi connectivity index (χ4v) is 6.10. The van der Waals surface area contributed by atoms with Crippen LogP contribution in [0.4, 0.5) is 23.7 Å². The zero-order valence-electron chi connectivity index (χ0n) is 28.0. The highest BCUT2D eigenvalue weighted by atomic mass is 19.4. The fourth-order valence-electron chi connectivity index (χ4n) is 6.10. The average molecular weight is 717 g/mol. The topological polar surface area (TPSA) is 181 Å². The number of nitrogens with one attached hydrogen (secondary N) is 1. The van der Waals surface area contributed by atoms with Gasteiger partial charge in [-0.25, -0.2) is 9.59 Å². The van der Waals surface area contributed by atoms with E-state index in [0.717, 1.165) is 35.6 Å². The van der Waals surface area contributed by atoms with E-state index in [-0.39, 0.29) is 31.6 Å². The number of urea groups is 1. The van der Waals surface area contributed by atoms with Crippen molar-refractivity contribution in [2.45, 2.75) is 51.0 Å². The van der Waals surface area contributed by atoms with Crippen LogP contribution in [0.1, 0.15) is 41.3 Å². The number of halogens is 3. The van der Waals surface area contributed by atoms with E-state index in [0.29, 0.717) is 35.2 Å². The van der Waals surface area contributed by atoms with Crippen molar-refractivity contribution in [2.24, 2.45) is 5.73 Å². The molecule has 2 aliphatic rings. The van der Waals surface area contributed by atoms with Crippen LogP contribution in [0.25, 0.3) is 0 Å². The summed E-state index contributed by atoms with van der Waals surface area (Å²) >= 11 is 0. The Bertz CT molecular complexity index is 1700. The monoisotopic (exact) mass is 716 g/mol. The van der Waals surface area contributed by atoms with Crippen molar-refractivity contribution in [1.82, 2.24) is 4.90 Å². The van der Waals surface area contributed by atoms with Gasteiger partial charge in [0.05, 0.1) is 38.3 Å². The van der Waals surface area contributed by atoms with Crippen molar-refractivity contribution < 1.29 is 61.3 Å². The van der Waals surface area contributed by atoms with E-state index < -0.39 is 36.1 Å². The van der Waals surface area contributed by atoms with Gasteiger partial charge >= 0.3 is 18.2 Å². The third-order valence-corrected chi connectivity index (χ3v) is 8.42. The molecule has 3 aromatic rings. The quantitative estimate of drug-likeness (QED) is 0.210. The number of hydrogen-bond donors (Lipinski definition) is 3. The van der Waals surface area contributed by atoms with E-state index in [4.69, 9.17) is 29.8 Å². The molecule has 0 spiro atoms. The van der Waals surface area contributed by atoms with Crippen LogP contribution in [0.2, 0.25) is 0 Å². The lowest BCUT2D eigenvalue weighted by Gasteiger charge is -2.46. The number of phenolic OH excluding ortho intramolecular Hbond substituents is 1. The second-order valence-corrected chi connectivity index (χ2v) is 12.4. The summed E-state index contributed by atoms with van der Waals surface area (Å²) in [6.45, 7) is 4.40. The normalized spacial score (nSPS) is 18.4. The molecule has 0 aliphatic carbocycles. The van der Waals surface area contributed by atoms with Crippen molar-refractivity contribution in [2.75, 3.05) is 38.9 Å². The van der Waals surface area contributed by atoms with E-state index in [1.54, 1.807) is 60.4 Å². The number of nitrogens with zero attached hydrogens (tertiary/aromatic N) is 2. The van der Waals surface area contributed by atoms with Crippen LogP contribution in [0, 0.1) is 0 Å². The first-order valence-corrected chi connectivity index (χ1v) is 16.0. The highest BCUT2D eigenvalue weighted by Gasteiger charge is 2.41. The molecule has 3 aromatic carbocycles. The Balaban J connectivity index is 0.000000755. The number of fused-ring (bicyclic) bond motifs is 1. The Kier molecular flexibility index (Phi) is 12.4. The number of carbonyl (C=O) groups is 4. The molecule has 3 atom stereocenters. The van der Waals surface area contributed by atoms with Gasteiger partial charge in [-0.15, -0.1) is 0 Å². The zero-order valence-corrected chi connectivity index (χ0v) is 28.0. The van der Waals surface area contributed by atoms with Gasteiger partial charge in [0.25, 0.3) is 0 Å². The highest BCUT2D eigenvalue weighted by Crippen LogP contribution is 2.34. The Morgan fingerprint density at radius 3 is 2.27 bits per heavy atom. The lowest BCUT2D eigenvalue weighted by Crippen LogP contribution is -2.62. The van der Waals surface area contributed by atoms with Gasteiger partial charge in [-0.2, -0.15) is 13.2 Å². The van der Waals surface area contributed by atoms with Gasteiger partial charge < -0.3 is 49.7 Å². The van der Waals surface area contributed by atoms with Crippen molar-refractivity contribution >= 4 is 29.6 Å². The summed E-state index contributed by atoms with van der Waals surface area (Å²) in [6, 6.07) is 17.2. The Labute approximate surface area is 291 Å². The number of carboxylic acid groups (broad SMARTS) is 1. The van der Waals surface area contributed by atoms with Gasteiger partial charge in [0.1, 0.15) is 24.3 Å². The number of esters is 1. The smallest absolute Gasteiger partial charge is 0.430 e. The molecule has 13 nitrogen and oxygen atoms in total. The minimum Gasteiger partial charge on any atom is -0.542 e. The number of likely N-dealkylation sites (tertiary alicyclic amines) is 1. The molecular weight excluding hydrogens is 677 g/mol. The fraction of sp³-hybridized carbons (Fsp3) is 0.371. The summed E-state index contributed by atoms with van der Waals surface area (Å²) in [5, 5.41) is 21.5. The maximum atomic E-state index is 14.1. The largest absolute Gasteiger partial charge is 0.542 e. The van der Waals surface area contributed by atoms with Crippen LogP contribution in [-0.2, 0) is 27.3 Å². The van der Waals surface area contributed by atoms with E-state index in [2.05, 4.69) is 12.4 Å². The van der Waals surface area contributed by atoms with Crippen LogP contribution in [-0.4, -0.2) is 90.2 Å². The van der Waals surface area contributed by atoms with Crippen LogP contribution in [0.5, 0.6) is 17.2 Å². The number of primary amides is 1. The average Bonchev–Trinajstić information content (AvgIpc) is 3.53. The summed E-state index contributed by atoms with van der Waals surface area (Å²) in [7, 11) is 2.15. The molecule has 3 amide bonds. The maximum Gasteiger partial charge on any atom is 0.430 e. The van der Waals surface area contributed by atoms with Crippen molar-refractivity contribution in [1.29, 1.82) is 0 Å². The predicted octanol–water partition coefficient (Wildman–Crippen LogP) is 3.34. The number of quaternary nitrogens is 1. The summed E-state index contributed by atoms with van der Waals surface area (Å²) < 4.78 is 48.3. The van der Waals surface area contributed by atoms with E-state index in [9.17, 15) is 32.7 Å². The van der Waals surface area contributed by atoms with Crippen LogP contribution in [0.3, 0.4) is 0 Å². The Hall–Kier alpha value is -5.51. The Morgan fingerprint density at radius 1 is 1.04 bits per heavy atom. The minimum absolute atomic E-state index is 0.106. The van der Waals surface area contributed by atoms with Gasteiger partial charge in [-0.1, -0.05) is 12.1 Å². The maximum absolute atomic E-state index is 14.1. The summed E-state index contributed by atoms with van der Waals surface area (Å²) in [5.41, 5.74) is 8.67. The number of amides is 3. The van der Waals surface area contributed by atoms with Crippen molar-refractivity contribution in [3.05, 3.63) is 83.4 Å². The number of benzene rings is 3. The molecule has 2 heterocycles. The number of carbonyl (C=O) groups excluding carboxylic acids is 4. The number of carboxylic acids is 1. The standard InChI is InChI=1S/C33H38N4O7.C2HF3O2/c1-3-42-32(40)24-9-11-25(12-10-24)35-33(41)36(28(31(34)39)17-22-6-13-27(38)14-7-22)26-5-4-16-37(2,20-26)19-23-8-15-29-30(18-23)44-21-43-29;3-2(4,5)1(6)7/h6-15,18,26,28H,3-5,16-17,19-21H2,1-2H3,(H3-,34,35,38,39,40,41);(H,6,7)/t26?,28-,37?;/m0./s1. The number of alkyl halides is 3. The third-order valence-electron chi connectivity index (χ3n) is 8.42. The minimum atomic E-state index is -5.19. The number of piperidine rings is 1. The number of aromatic hydroxyl groups is 1. The number of aliphatic carboxylic acids is 1. The summed E-state index contributed by atoms with van der Waals surface area (Å²) in [5.74, 6) is -2.52. The van der Waals surface area contributed by atoms with Crippen LogP contribution >= 0.6 is 0 Å². The first-order chi connectivity index (χ1) is 24.1. The molecule has 51 heavy (non-hydrogen) atoms. The second kappa shape index (κ2) is 16.5. The number of ether oxygens (including phenoxy) is 3. The lowest BCUT2D eigenvalue weighted by atomic mass is 9.96. The third kappa shape index (κ3) is 10.5. The molecule has 2 aliphatic heterocycles. The number of nitrogens with two attached hydrogens (primary N) is 1. The molecule has 274 valence electrons. The molecule has 16 heteroatoms. The predicted molar refractivity (Wildman–Crippen MR) is 174 cm³/mol. The van der Waals surface area contributed by atoms with E-state index in [1.165, 1.54) is 0 Å². The molecular formula is C35H39F3N4O9. The SMILES string of the molecule is CCOC(=O)c1ccc(NC(=O)N(C2CCC[N+](C)(Cc3ccc4c(c3)OCO4)C2)[C@@H](Cc2ccc(O)cc2)C(N)=O)cc1.O=C([O-])C(F)(F)F. The van der Waals surface area contributed by atoms with Crippen LogP contribution in [0.15, 0.2) is 66.7 Å². The zero-order chi connectivity index (χ0) is 37.3. The lowest BCUT2D eigenvalue weighted by molar-refractivity contribution is -0.928. The van der Waals surface area contributed by atoms with E-state index >= 15 is 0 Å². The van der Waals surface area contributed by atoms with Crippen molar-refractivity contribution in [3.63, 3.8) is 0 Å². The number of rotatable bonds is 10. The molecule has 1 fully saturated rings. The van der Waals surface area contributed by atoms with Crippen LogP contribution < -0.4 is 25.6 Å². The molecule has 0 aromatic heterocycles. The second-order valence-electron chi connectivity index (χ2n) is 12.4. The molecule has 0 saturated carbocycles. The summed E-state index contributed by atoms with van der Waals surface area (Å²) in [6.07, 6.45) is -3.47.